The molecule has 4 heteroatoms. The van der Waals surface area contributed by atoms with Crippen LogP contribution in [-0.2, 0) is 14.3 Å². The maximum Gasteiger partial charge on any atom is 0.302 e. The molecule has 1 heterocycles. The number of ether oxygens (including phenoxy) is 2. The van der Waals surface area contributed by atoms with Gasteiger partial charge in [-0.1, -0.05) is 27.7 Å². The Labute approximate surface area is 201 Å². The van der Waals surface area contributed by atoms with Crippen molar-refractivity contribution in [3.8, 4) is 0 Å². The summed E-state index contributed by atoms with van der Waals surface area (Å²) < 4.78 is 12.4. The molecule has 0 aromatic carbocycles. The Hall–Kier alpha value is -0.610. The summed E-state index contributed by atoms with van der Waals surface area (Å²) >= 11 is 0. The van der Waals surface area contributed by atoms with Gasteiger partial charge in [0.25, 0.3) is 0 Å². The van der Waals surface area contributed by atoms with E-state index in [1.165, 1.54) is 38.5 Å². The predicted molar refractivity (Wildman–Crippen MR) is 129 cm³/mol. The summed E-state index contributed by atoms with van der Waals surface area (Å²) in [5.41, 5.74) is 0.856. The van der Waals surface area contributed by atoms with E-state index in [2.05, 4.69) is 27.7 Å². The molecule has 0 unspecified atom stereocenters. The molecule has 188 valence electrons. The molecule has 0 spiro atoms. The van der Waals surface area contributed by atoms with E-state index in [0.717, 1.165) is 49.4 Å². The molecule has 0 bridgehead atoms. The minimum Gasteiger partial charge on any atom is -0.463 e. The maximum atomic E-state index is 11.5. The SMILES string of the molecule is CC(=O)O[C@H]1CC[C@@]2(C)[C@@H](CC[C@@H]3[C@@H]2CC[C@]2(C)[C@H]4[C@H](C)[C@H](CC[C@@H](C)CO)O[C@H]4C[C@@H]32)C1. The van der Waals surface area contributed by atoms with Crippen LogP contribution in [0.1, 0.15) is 98.8 Å². The molecular formula is C29H48O4. The number of aliphatic hydroxyl groups is 1. The summed E-state index contributed by atoms with van der Waals surface area (Å²) in [6.07, 6.45) is 13.2. The highest BCUT2D eigenvalue weighted by Gasteiger charge is 2.65. The first-order chi connectivity index (χ1) is 15.7. The van der Waals surface area contributed by atoms with Crippen molar-refractivity contribution in [1.29, 1.82) is 0 Å². The number of hydrogen-bond donors (Lipinski definition) is 1. The highest BCUT2D eigenvalue weighted by atomic mass is 16.5. The average Bonchev–Trinajstić information content (AvgIpc) is 3.25. The van der Waals surface area contributed by atoms with Gasteiger partial charge in [-0.05, 0) is 116 Å². The minimum atomic E-state index is -0.110. The predicted octanol–water partition coefficient (Wildman–Crippen LogP) is 6.00. The fourth-order valence-electron chi connectivity index (χ4n) is 10.1. The van der Waals surface area contributed by atoms with Gasteiger partial charge in [0.2, 0.25) is 0 Å². The summed E-state index contributed by atoms with van der Waals surface area (Å²) in [4.78, 5) is 11.5. The molecule has 5 aliphatic rings. The summed E-state index contributed by atoms with van der Waals surface area (Å²) in [5.74, 6) is 4.84. The van der Waals surface area contributed by atoms with Crippen LogP contribution in [0.3, 0.4) is 0 Å². The Bertz CT molecular complexity index is 737. The van der Waals surface area contributed by atoms with Gasteiger partial charge in [-0.2, -0.15) is 0 Å². The minimum absolute atomic E-state index is 0.110. The highest BCUT2D eigenvalue weighted by Crippen LogP contribution is 2.70. The van der Waals surface area contributed by atoms with Crippen LogP contribution >= 0.6 is 0 Å². The lowest BCUT2D eigenvalue weighted by Crippen LogP contribution is -2.54. The zero-order valence-electron chi connectivity index (χ0n) is 21.7. The molecule has 0 radical (unpaired) electrons. The molecule has 0 amide bonds. The van der Waals surface area contributed by atoms with Crippen LogP contribution in [0, 0.1) is 52.3 Å². The Balaban J connectivity index is 1.29. The van der Waals surface area contributed by atoms with E-state index >= 15 is 0 Å². The quantitative estimate of drug-likeness (QED) is 0.511. The Morgan fingerprint density at radius 1 is 1.09 bits per heavy atom. The Morgan fingerprint density at radius 3 is 2.58 bits per heavy atom. The van der Waals surface area contributed by atoms with Crippen LogP contribution in [0.2, 0.25) is 0 Å². The standard InChI is InChI=1S/C29H48O4/c1-17(16-30)6-9-25-18(2)27-26(33-25)15-24-22-8-7-20-14-21(32-19(3)31)10-12-28(20,4)23(22)11-13-29(24,27)5/h17-18,20-27,30H,6-16H2,1-5H3/t17-,18-,20+,21+,22-,23+,24+,25+,26+,27+,28+,29+/m1/s1. The van der Waals surface area contributed by atoms with Crippen molar-refractivity contribution in [3.63, 3.8) is 0 Å². The zero-order chi connectivity index (χ0) is 23.5. The van der Waals surface area contributed by atoms with Crippen molar-refractivity contribution in [1.82, 2.24) is 0 Å². The molecule has 0 aromatic rings. The zero-order valence-corrected chi connectivity index (χ0v) is 21.7. The van der Waals surface area contributed by atoms with E-state index in [1.807, 2.05) is 0 Å². The van der Waals surface area contributed by atoms with Crippen molar-refractivity contribution in [2.45, 2.75) is 117 Å². The molecule has 4 saturated carbocycles. The molecule has 4 aliphatic carbocycles. The van der Waals surface area contributed by atoms with Gasteiger partial charge in [0.05, 0.1) is 12.2 Å². The van der Waals surface area contributed by atoms with Crippen molar-refractivity contribution in [2.24, 2.45) is 52.3 Å². The van der Waals surface area contributed by atoms with E-state index in [0.29, 0.717) is 40.8 Å². The number of rotatable bonds is 5. The number of esters is 1. The van der Waals surface area contributed by atoms with E-state index < -0.39 is 0 Å². The number of fused-ring (bicyclic) bond motifs is 7. The number of carbonyl (C=O) groups is 1. The van der Waals surface area contributed by atoms with Crippen LogP contribution in [0.25, 0.3) is 0 Å². The van der Waals surface area contributed by atoms with Gasteiger partial charge in [0.15, 0.2) is 0 Å². The summed E-state index contributed by atoms with van der Waals surface area (Å²) in [7, 11) is 0. The topological polar surface area (TPSA) is 55.8 Å². The first-order valence-corrected chi connectivity index (χ1v) is 14.1. The van der Waals surface area contributed by atoms with Crippen LogP contribution in [0.5, 0.6) is 0 Å². The molecule has 5 fully saturated rings. The smallest absolute Gasteiger partial charge is 0.302 e. The average molecular weight is 461 g/mol. The fourth-order valence-corrected chi connectivity index (χ4v) is 10.1. The molecule has 12 atom stereocenters. The number of hydrogen-bond acceptors (Lipinski definition) is 4. The molecule has 1 aliphatic heterocycles. The van der Waals surface area contributed by atoms with Crippen molar-refractivity contribution in [3.05, 3.63) is 0 Å². The normalized spacial score (nSPS) is 51.8. The summed E-state index contributed by atoms with van der Waals surface area (Å²) in [5, 5.41) is 9.43. The summed E-state index contributed by atoms with van der Waals surface area (Å²) in [6.45, 7) is 11.7. The molecule has 4 nitrogen and oxygen atoms in total. The molecule has 1 saturated heterocycles. The van der Waals surface area contributed by atoms with Crippen LogP contribution in [-0.4, -0.2) is 36.0 Å². The van der Waals surface area contributed by atoms with Crippen LogP contribution < -0.4 is 0 Å². The lowest BCUT2D eigenvalue weighted by molar-refractivity contribution is -0.160. The van der Waals surface area contributed by atoms with E-state index in [4.69, 9.17) is 9.47 Å². The van der Waals surface area contributed by atoms with Gasteiger partial charge in [0.1, 0.15) is 6.10 Å². The number of aliphatic hydroxyl groups excluding tert-OH is 1. The van der Waals surface area contributed by atoms with E-state index in [1.54, 1.807) is 6.92 Å². The molecule has 33 heavy (non-hydrogen) atoms. The largest absolute Gasteiger partial charge is 0.463 e. The lowest BCUT2D eigenvalue weighted by Gasteiger charge is -2.61. The monoisotopic (exact) mass is 460 g/mol. The van der Waals surface area contributed by atoms with Crippen molar-refractivity contribution in [2.75, 3.05) is 6.61 Å². The molecule has 0 aromatic heterocycles. The van der Waals surface area contributed by atoms with Crippen LogP contribution in [0.15, 0.2) is 0 Å². The van der Waals surface area contributed by atoms with Gasteiger partial charge in [-0.25, -0.2) is 0 Å². The van der Waals surface area contributed by atoms with Crippen molar-refractivity contribution >= 4 is 5.97 Å². The van der Waals surface area contributed by atoms with E-state index in [-0.39, 0.29) is 18.7 Å². The van der Waals surface area contributed by atoms with Gasteiger partial charge in [-0.15, -0.1) is 0 Å². The second-order valence-corrected chi connectivity index (χ2v) is 13.4. The second kappa shape index (κ2) is 8.80. The van der Waals surface area contributed by atoms with Gasteiger partial charge in [-0.3, -0.25) is 4.79 Å². The van der Waals surface area contributed by atoms with Gasteiger partial charge >= 0.3 is 5.97 Å². The fraction of sp³-hybridized carbons (Fsp3) is 0.966. The van der Waals surface area contributed by atoms with Gasteiger partial charge in [0, 0.05) is 13.5 Å². The molecular weight excluding hydrogens is 412 g/mol. The third kappa shape index (κ3) is 3.90. The lowest BCUT2D eigenvalue weighted by atomic mass is 9.44. The molecule has 5 rings (SSSR count). The first kappa shape index (κ1) is 24.1. The molecule has 1 N–H and O–H groups in total. The highest BCUT2D eigenvalue weighted by molar-refractivity contribution is 5.66. The van der Waals surface area contributed by atoms with Gasteiger partial charge < -0.3 is 14.6 Å². The van der Waals surface area contributed by atoms with E-state index in [9.17, 15) is 9.90 Å². The Kier molecular flexibility index (Phi) is 6.43. The van der Waals surface area contributed by atoms with Crippen molar-refractivity contribution < 1.29 is 19.4 Å². The first-order valence-electron chi connectivity index (χ1n) is 14.1. The third-order valence-electron chi connectivity index (χ3n) is 11.8. The maximum absolute atomic E-state index is 11.5. The Morgan fingerprint density at radius 2 is 1.85 bits per heavy atom. The summed E-state index contributed by atoms with van der Waals surface area (Å²) in [6, 6.07) is 0. The van der Waals surface area contributed by atoms with Crippen LogP contribution in [0.4, 0.5) is 0 Å². The number of carbonyl (C=O) groups excluding carboxylic acids is 1. The second-order valence-electron chi connectivity index (χ2n) is 13.4. The third-order valence-corrected chi connectivity index (χ3v) is 11.8.